The first-order valence-corrected chi connectivity index (χ1v) is 11.9. The topological polar surface area (TPSA) is 87.7 Å². The average molecular weight is 466 g/mol. The van der Waals surface area contributed by atoms with Gasteiger partial charge in [-0.3, -0.25) is 9.69 Å². The van der Waals surface area contributed by atoms with Gasteiger partial charge >= 0.3 is 10.2 Å². The number of amides is 1. The Morgan fingerprint density at radius 3 is 2.66 bits per heavy atom. The predicted octanol–water partition coefficient (Wildman–Crippen LogP) is 3.63. The molecule has 1 fully saturated rings. The van der Waals surface area contributed by atoms with Gasteiger partial charge in [0.25, 0.3) is 0 Å². The van der Waals surface area contributed by atoms with Crippen LogP contribution in [-0.2, 0) is 20.6 Å². The number of ether oxygens (including phenoxy) is 1. The number of rotatable bonds is 6. The lowest BCUT2D eigenvalue weighted by molar-refractivity contribution is -0.128. The molecule has 10 heteroatoms. The van der Waals surface area contributed by atoms with Crippen molar-refractivity contribution in [1.29, 1.82) is 0 Å². The number of carbonyl (C=O) groups is 1. The maximum Gasteiger partial charge on any atom is 0.332 e. The van der Waals surface area contributed by atoms with Gasteiger partial charge in [0.15, 0.2) is 0 Å². The molecule has 0 saturated carbocycles. The van der Waals surface area contributed by atoms with Crippen molar-refractivity contribution in [3.05, 3.63) is 47.8 Å². The molecule has 0 aromatic heterocycles. The molecule has 2 heterocycles. The van der Waals surface area contributed by atoms with Gasteiger partial charge in [-0.25, -0.2) is 4.39 Å². The minimum atomic E-state index is -4.77. The Morgan fingerprint density at radius 2 is 2.00 bits per heavy atom. The van der Waals surface area contributed by atoms with Gasteiger partial charge in [0.2, 0.25) is 5.91 Å². The van der Waals surface area contributed by atoms with Crippen LogP contribution in [-0.4, -0.2) is 45.0 Å². The van der Waals surface area contributed by atoms with Crippen molar-refractivity contribution in [3.8, 4) is 5.75 Å². The molecular weight excluding hydrogens is 440 g/mol. The molecule has 2 aliphatic heterocycles. The van der Waals surface area contributed by atoms with E-state index >= 15 is 0 Å². The van der Waals surface area contributed by atoms with Crippen LogP contribution >= 0.6 is 0 Å². The van der Waals surface area contributed by atoms with Gasteiger partial charge < -0.3 is 15.4 Å². The number of carbonyl (C=O) groups excluding carboxylic acids is 1. The van der Waals surface area contributed by atoms with Gasteiger partial charge in [0.05, 0.1) is 16.3 Å². The van der Waals surface area contributed by atoms with Crippen LogP contribution in [0.1, 0.15) is 32.3 Å². The third-order valence-corrected chi connectivity index (χ3v) is 6.93. The highest BCUT2D eigenvalue weighted by molar-refractivity contribution is 7.86. The van der Waals surface area contributed by atoms with Gasteiger partial charge in [0, 0.05) is 18.7 Å². The predicted molar refractivity (Wildman–Crippen MR) is 117 cm³/mol. The number of hydrogen-bond donors (Lipinski definition) is 2. The molecule has 7 nitrogen and oxygen atoms in total. The third kappa shape index (κ3) is 4.04. The number of likely N-dealkylation sites (tertiary alicyclic amines) is 1. The van der Waals surface area contributed by atoms with Crippen molar-refractivity contribution in [2.45, 2.75) is 43.2 Å². The second-order valence-electron chi connectivity index (χ2n) is 8.17. The SMILES string of the molecule is CCNc1cc(F)cc2c1NC(=O)[C@@]2(C)N1CCC[C@@H](Oc2ccc(S(=O)(=O)F)cc2)C1. The van der Waals surface area contributed by atoms with Gasteiger partial charge in [-0.2, -0.15) is 8.42 Å². The Labute approximate surface area is 186 Å². The maximum atomic E-state index is 14.4. The van der Waals surface area contributed by atoms with Crippen LogP contribution in [0.5, 0.6) is 5.75 Å². The molecule has 2 aromatic rings. The Hall–Kier alpha value is -2.72. The van der Waals surface area contributed by atoms with E-state index in [0.717, 1.165) is 25.0 Å². The van der Waals surface area contributed by atoms with Gasteiger partial charge in [-0.05, 0) is 69.6 Å². The van der Waals surface area contributed by atoms with E-state index in [4.69, 9.17) is 4.74 Å². The third-order valence-electron chi connectivity index (χ3n) is 6.09. The lowest BCUT2D eigenvalue weighted by Crippen LogP contribution is -2.54. The summed E-state index contributed by atoms with van der Waals surface area (Å²) in [6.45, 7) is 5.32. The van der Waals surface area contributed by atoms with Crippen molar-refractivity contribution in [1.82, 2.24) is 4.90 Å². The molecule has 32 heavy (non-hydrogen) atoms. The van der Waals surface area contributed by atoms with Crippen LogP contribution in [0.3, 0.4) is 0 Å². The number of fused-ring (bicyclic) bond motifs is 1. The summed E-state index contributed by atoms with van der Waals surface area (Å²) in [5.41, 5.74) is 0.659. The van der Waals surface area contributed by atoms with Gasteiger partial charge in [0.1, 0.15) is 23.2 Å². The van der Waals surface area contributed by atoms with Crippen molar-refractivity contribution in [2.24, 2.45) is 0 Å². The number of anilines is 2. The average Bonchev–Trinajstić information content (AvgIpc) is 3.00. The Kier molecular flexibility index (Phi) is 5.85. The fourth-order valence-corrected chi connectivity index (χ4v) is 4.90. The zero-order chi connectivity index (χ0) is 23.1. The van der Waals surface area contributed by atoms with E-state index in [1.807, 2.05) is 11.8 Å². The lowest BCUT2D eigenvalue weighted by Gasteiger charge is -2.42. The summed E-state index contributed by atoms with van der Waals surface area (Å²) in [5.74, 6) is -0.239. The van der Waals surface area contributed by atoms with E-state index < -0.39 is 26.5 Å². The first kappa shape index (κ1) is 22.5. The molecule has 0 aliphatic carbocycles. The van der Waals surface area contributed by atoms with Crippen molar-refractivity contribution >= 4 is 27.5 Å². The normalized spacial score (nSPS) is 23.5. The minimum absolute atomic E-state index is 0.226. The Bertz CT molecular complexity index is 1140. The Morgan fingerprint density at radius 1 is 1.28 bits per heavy atom. The monoisotopic (exact) mass is 465 g/mol. The molecular formula is C22H25F2N3O4S. The van der Waals surface area contributed by atoms with Crippen LogP contribution in [0.15, 0.2) is 41.3 Å². The van der Waals surface area contributed by atoms with Crippen LogP contribution in [0.2, 0.25) is 0 Å². The molecule has 1 amide bonds. The number of hydrogen-bond acceptors (Lipinski definition) is 6. The summed E-state index contributed by atoms with van der Waals surface area (Å²) in [5, 5.41) is 6.01. The van der Waals surface area contributed by atoms with Crippen LogP contribution in [0.25, 0.3) is 0 Å². The van der Waals surface area contributed by atoms with E-state index in [9.17, 15) is 21.5 Å². The van der Waals surface area contributed by atoms with E-state index in [1.165, 1.54) is 24.3 Å². The summed E-state index contributed by atoms with van der Waals surface area (Å²) < 4.78 is 55.5. The highest BCUT2D eigenvalue weighted by atomic mass is 32.3. The fraction of sp³-hybridized carbons (Fsp3) is 0.409. The highest BCUT2D eigenvalue weighted by Gasteiger charge is 2.49. The van der Waals surface area contributed by atoms with Crippen molar-refractivity contribution in [3.63, 3.8) is 0 Å². The molecule has 2 aromatic carbocycles. The highest BCUT2D eigenvalue weighted by Crippen LogP contribution is 2.45. The first-order chi connectivity index (χ1) is 15.1. The quantitative estimate of drug-likeness (QED) is 0.634. The molecule has 2 atom stereocenters. The summed E-state index contributed by atoms with van der Waals surface area (Å²) >= 11 is 0. The second-order valence-corrected chi connectivity index (χ2v) is 9.52. The van der Waals surface area contributed by atoms with Crippen LogP contribution in [0, 0.1) is 5.82 Å². The molecule has 2 aliphatic rings. The summed E-state index contributed by atoms with van der Waals surface area (Å²) in [7, 11) is -4.77. The van der Waals surface area contributed by atoms with E-state index in [0.29, 0.717) is 42.3 Å². The van der Waals surface area contributed by atoms with E-state index in [1.54, 1.807) is 6.92 Å². The smallest absolute Gasteiger partial charge is 0.332 e. The number of nitrogens with one attached hydrogen (secondary N) is 2. The number of benzene rings is 2. The molecule has 0 bridgehead atoms. The van der Waals surface area contributed by atoms with Gasteiger partial charge in [-0.1, -0.05) is 0 Å². The zero-order valence-corrected chi connectivity index (χ0v) is 18.6. The standard InChI is InChI=1S/C22H25F2N3O4S/c1-3-25-19-12-14(23)11-18-20(19)26-21(28)22(18,2)27-10-4-5-16(13-27)31-15-6-8-17(9-7-15)32(24,29)30/h6-9,11-12,16,25H,3-5,10,13H2,1-2H3,(H,26,28)/t16-,22+/m1/s1. The molecule has 1 saturated heterocycles. The second kappa shape index (κ2) is 8.32. The summed E-state index contributed by atoms with van der Waals surface area (Å²) in [4.78, 5) is 14.6. The summed E-state index contributed by atoms with van der Waals surface area (Å²) in [6.07, 6.45) is 1.22. The summed E-state index contributed by atoms with van der Waals surface area (Å²) in [6, 6.07) is 7.88. The molecule has 2 N–H and O–H groups in total. The molecule has 4 rings (SSSR count). The minimum Gasteiger partial charge on any atom is -0.489 e. The van der Waals surface area contributed by atoms with Crippen LogP contribution in [0.4, 0.5) is 19.7 Å². The van der Waals surface area contributed by atoms with E-state index in [-0.39, 0.29) is 12.0 Å². The Balaban J connectivity index is 1.57. The van der Waals surface area contributed by atoms with Crippen LogP contribution < -0.4 is 15.4 Å². The first-order valence-electron chi connectivity index (χ1n) is 10.5. The lowest BCUT2D eigenvalue weighted by atomic mass is 9.88. The zero-order valence-electron chi connectivity index (χ0n) is 17.8. The van der Waals surface area contributed by atoms with Crippen molar-refractivity contribution in [2.75, 3.05) is 30.3 Å². The van der Waals surface area contributed by atoms with Crippen molar-refractivity contribution < 1.29 is 26.2 Å². The molecule has 172 valence electrons. The van der Waals surface area contributed by atoms with Gasteiger partial charge in [-0.15, -0.1) is 3.89 Å². The molecule has 0 unspecified atom stereocenters. The maximum absolute atomic E-state index is 14.4. The fourth-order valence-electron chi connectivity index (χ4n) is 4.44. The molecule has 0 spiro atoms. The largest absolute Gasteiger partial charge is 0.489 e. The van der Waals surface area contributed by atoms with E-state index in [2.05, 4.69) is 10.6 Å². The molecule has 0 radical (unpaired) electrons. The number of nitrogens with zero attached hydrogens (tertiary/aromatic N) is 1. The number of halogens is 2. The number of piperidine rings is 1.